The van der Waals surface area contributed by atoms with Crippen LogP contribution >= 0.6 is 0 Å². The number of piperidine rings is 1. The minimum atomic E-state index is -0.0802. The number of methoxy groups -OCH3 is 1. The minimum absolute atomic E-state index is 0.0761. The van der Waals surface area contributed by atoms with Crippen LogP contribution in [0.1, 0.15) is 38.2 Å². The van der Waals surface area contributed by atoms with Crippen LogP contribution in [0.3, 0.4) is 0 Å². The summed E-state index contributed by atoms with van der Waals surface area (Å²) < 4.78 is 5.24. The third kappa shape index (κ3) is 4.90. The first-order valence-corrected chi connectivity index (χ1v) is 11.2. The lowest BCUT2D eigenvalue weighted by Crippen LogP contribution is -2.41. The van der Waals surface area contributed by atoms with E-state index in [1.165, 1.54) is 0 Å². The van der Waals surface area contributed by atoms with Crippen molar-refractivity contribution in [3.05, 3.63) is 66.5 Å². The number of nitrogens with one attached hydrogen (secondary N) is 1. The van der Waals surface area contributed by atoms with Crippen molar-refractivity contribution in [2.45, 2.75) is 32.6 Å². The Morgan fingerprint density at radius 2 is 1.91 bits per heavy atom. The van der Waals surface area contributed by atoms with Gasteiger partial charge in [0.2, 0.25) is 5.91 Å². The Balaban J connectivity index is 1.47. The molecule has 6 nitrogen and oxygen atoms in total. The minimum Gasteiger partial charge on any atom is -0.497 e. The highest BCUT2D eigenvalue weighted by Crippen LogP contribution is 2.28. The highest BCUT2D eigenvalue weighted by Gasteiger charge is 2.27. The molecule has 1 amide bonds. The average Bonchev–Trinajstić information content (AvgIpc) is 2.84. The van der Waals surface area contributed by atoms with E-state index >= 15 is 0 Å². The van der Waals surface area contributed by atoms with Gasteiger partial charge in [0.25, 0.3) is 0 Å². The number of carbonyl (C=O) groups is 1. The predicted octanol–water partition coefficient (Wildman–Crippen LogP) is 5.13. The van der Waals surface area contributed by atoms with Gasteiger partial charge in [-0.3, -0.25) is 4.79 Å². The van der Waals surface area contributed by atoms with E-state index in [-0.39, 0.29) is 11.8 Å². The van der Waals surface area contributed by atoms with E-state index in [1.807, 2.05) is 48.5 Å². The Bertz CT molecular complexity index is 1070. The van der Waals surface area contributed by atoms with Gasteiger partial charge in [0.05, 0.1) is 18.7 Å². The maximum atomic E-state index is 13.1. The van der Waals surface area contributed by atoms with Crippen LogP contribution in [0, 0.1) is 5.92 Å². The summed E-state index contributed by atoms with van der Waals surface area (Å²) in [7, 11) is 1.65. The highest BCUT2D eigenvalue weighted by atomic mass is 16.5. The van der Waals surface area contributed by atoms with Crippen LogP contribution in [0.15, 0.2) is 60.9 Å². The maximum absolute atomic E-state index is 13.1. The fraction of sp³-hybridized carbons (Fsp3) is 0.346. The normalized spacial score (nSPS) is 16.1. The summed E-state index contributed by atoms with van der Waals surface area (Å²) in [5, 5.41) is 3.17. The molecule has 1 aromatic heterocycles. The third-order valence-electron chi connectivity index (χ3n) is 6.00. The summed E-state index contributed by atoms with van der Waals surface area (Å²) in [6, 6.07) is 17.9. The van der Waals surface area contributed by atoms with Crippen LogP contribution in [0.25, 0.3) is 11.3 Å². The number of amides is 1. The summed E-state index contributed by atoms with van der Waals surface area (Å²) in [6.07, 6.45) is 3.42. The Morgan fingerprint density at radius 3 is 2.66 bits per heavy atom. The molecule has 0 saturated carbocycles. The van der Waals surface area contributed by atoms with Crippen molar-refractivity contribution in [2.75, 3.05) is 30.4 Å². The van der Waals surface area contributed by atoms with Crippen molar-refractivity contribution in [2.24, 2.45) is 5.92 Å². The van der Waals surface area contributed by atoms with Gasteiger partial charge < -0.3 is 15.0 Å². The van der Waals surface area contributed by atoms with Gasteiger partial charge in [0.1, 0.15) is 17.9 Å². The number of nitrogens with zero attached hydrogens (tertiary/aromatic N) is 3. The first kappa shape index (κ1) is 21.8. The van der Waals surface area contributed by atoms with Crippen molar-refractivity contribution in [3.63, 3.8) is 0 Å². The standard InChI is InChI=1S/C26H30N4O2/c1-18(2)22-8-4-5-9-23(22)29-26(31)20-7-6-14-30(16-20)25-15-24(27-17-28-25)19-10-12-21(32-3)13-11-19/h4-5,8-13,15,17-18,20H,6-7,14,16H2,1-3H3,(H,29,31). The molecule has 2 heterocycles. The number of hydrogen-bond donors (Lipinski definition) is 1. The summed E-state index contributed by atoms with van der Waals surface area (Å²) in [5.74, 6) is 2.01. The van der Waals surface area contributed by atoms with Crippen molar-refractivity contribution >= 4 is 17.4 Å². The van der Waals surface area contributed by atoms with Crippen LogP contribution in [0.5, 0.6) is 5.75 Å². The van der Waals surface area contributed by atoms with Gasteiger partial charge in [-0.1, -0.05) is 32.0 Å². The van der Waals surface area contributed by atoms with Gasteiger partial charge in [0.15, 0.2) is 0 Å². The Labute approximate surface area is 189 Å². The molecule has 2 aromatic carbocycles. The third-order valence-corrected chi connectivity index (χ3v) is 6.00. The van der Waals surface area contributed by atoms with Crippen LogP contribution < -0.4 is 15.0 Å². The van der Waals surface area contributed by atoms with Gasteiger partial charge in [0, 0.05) is 30.4 Å². The van der Waals surface area contributed by atoms with Crippen molar-refractivity contribution < 1.29 is 9.53 Å². The molecule has 166 valence electrons. The van der Waals surface area contributed by atoms with Crippen molar-refractivity contribution in [3.8, 4) is 17.0 Å². The molecule has 6 heteroatoms. The molecule has 1 fully saturated rings. The van der Waals surface area contributed by atoms with Crippen LogP contribution in [0.4, 0.5) is 11.5 Å². The monoisotopic (exact) mass is 430 g/mol. The zero-order chi connectivity index (χ0) is 22.5. The Morgan fingerprint density at radius 1 is 1.12 bits per heavy atom. The van der Waals surface area contributed by atoms with Crippen LogP contribution in [0.2, 0.25) is 0 Å². The molecule has 0 bridgehead atoms. The maximum Gasteiger partial charge on any atom is 0.229 e. The molecule has 1 N–H and O–H groups in total. The lowest BCUT2D eigenvalue weighted by atomic mass is 9.96. The molecular formula is C26H30N4O2. The molecule has 0 aliphatic carbocycles. The van der Waals surface area contributed by atoms with Crippen LogP contribution in [-0.2, 0) is 4.79 Å². The summed E-state index contributed by atoms with van der Waals surface area (Å²) in [4.78, 5) is 24.2. The van der Waals surface area contributed by atoms with Gasteiger partial charge in [-0.05, 0) is 54.7 Å². The molecule has 1 atom stereocenters. The van der Waals surface area contributed by atoms with E-state index < -0.39 is 0 Å². The molecule has 1 saturated heterocycles. The second-order valence-corrected chi connectivity index (χ2v) is 8.51. The van der Waals surface area contributed by atoms with E-state index in [4.69, 9.17) is 4.74 Å². The summed E-state index contributed by atoms with van der Waals surface area (Å²) in [5.41, 5.74) is 3.93. The molecule has 32 heavy (non-hydrogen) atoms. The molecule has 0 spiro atoms. The number of rotatable bonds is 6. The lowest BCUT2D eigenvalue weighted by molar-refractivity contribution is -0.120. The Hall–Kier alpha value is -3.41. The predicted molar refractivity (Wildman–Crippen MR) is 128 cm³/mol. The smallest absolute Gasteiger partial charge is 0.229 e. The largest absolute Gasteiger partial charge is 0.497 e. The number of para-hydroxylation sites is 1. The van der Waals surface area contributed by atoms with Gasteiger partial charge in [-0.25, -0.2) is 9.97 Å². The van der Waals surface area contributed by atoms with E-state index in [1.54, 1.807) is 13.4 Å². The van der Waals surface area contributed by atoms with Gasteiger partial charge >= 0.3 is 0 Å². The summed E-state index contributed by atoms with van der Waals surface area (Å²) in [6.45, 7) is 5.81. The van der Waals surface area contributed by atoms with Gasteiger partial charge in [-0.15, -0.1) is 0 Å². The second kappa shape index (κ2) is 9.81. The molecule has 3 aromatic rings. The van der Waals surface area contributed by atoms with Crippen LogP contribution in [-0.4, -0.2) is 36.1 Å². The fourth-order valence-electron chi connectivity index (χ4n) is 4.19. The highest BCUT2D eigenvalue weighted by molar-refractivity contribution is 5.93. The SMILES string of the molecule is COc1ccc(-c2cc(N3CCCC(C(=O)Nc4ccccc4C(C)C)C3)ncn2)cc1. The second-order valence-electron chi connectivity index (χ2n) is 8.51. The molecule has 1 aliphatic rings. The molecule has 1 unspecified atom stereocenters. The van der Waals surface area contributed by atoms with E-state index in [2.05, 4.69) is 40.1 Å². The molecular weight excluding hydrogens is 400 g/mol. The fourth-order valence-corrected chi connectivity index (χ4v) is 4.19. The zero-order valence-electron chi connectivity index (χ0n) is 18.9. The average molecular weight is 431 g/mol. The topological polar surface area (TPSA) is 67.3 Å². The number of benzene rings is 2. The lowest BCUT2D eigenvalue weighted by Gasteiger charge is -2.33. The number of hydrogen-bond acceptors (Lipinski definition) is 5. The summed E-state index contributed by atoms with van der Waals surface area (Å²) >= 11 is 0. The van der Waals surface area contributed by atoms with Crippen molar-refractivity contribution in [1.29, 1.82) is 0 Å². The number of anilines is 2. The Kier molecular flexibility index (Phi) is 6.69. The van der Waals surface area contributed by atoms with Crippen molar-refractivity contribution in [1.82, 2.24) is 9.97 Å². The van der Waals surface area contributed by atoms with E-state index in [9.17, 15) is 4.79 Å². The first-order chi connectivity index (χ1) is 15.5. The number of ether oxygens (including phenoxy) is 1. The number of carbonyl (C=O) groups excluding carboxylic acids is 1. The zero-order valence-corrected chi connectivity index (χ0v) is 18.9. The quantitative estimate of drug-likeness (QED) is 0.587. The molecule has 0 radical (unpaired) electrons. The van der Waals surface area contributed by atoms with Gasteiger partial charge in [-0.2, -0.15) is 0 Å². The van der Waals surface area contributed by atoms with E-state index in [0.717, 1.165) is 53.5 Å². The molecule has 4 rings (SSSR count). The van der Waals surface area contributed by atoms with E-state index in [0.29, 0.717) is 12.5 Å². The molecule has 1 aliphatic heterocycles. The first-order valence-electron chi connectivity index (χ1n) is 11.2. The number of aromatic nitrogens is 2.